The van der Waals surface area contributed by atoms with E-state index < -0.39 is 10.1 Å². The van der Waals surface area contributed by atoms with Crippen LogP contribution in [0.4, 0.5) is 0 Å². The topological polar surface area (TPSA) is 52.6 Å². The predicted molar refractivity (Wildman–Crippen MR) is 83.9 cm³/mol. The number of benzene rings is 1. The van der Waals surface area contributed by atoms with Crippen molar-refractivity contribution in [1.29, 1.82) is 0 Å². The van der Waals surface area contributed by atoms with E-state index in [1.807, 2.05) is 6.92 Å². The zero-order chi connectivity index (χ0) is 15.6. The van der Waals surface area contributed by atoms with E-state index in [0.29, 0.717) is 13.0 Å². The number of aryl methyl sites for hydroxylation is 1. The van der Waals surface area contributed by atoms with Crippen molar-refractivity contribution in [1.82, 2.24) is 0 Å². The second-order valence-corrected chi connectivity index (χ2v) is 6.73. The first-order valence-corrected chi connectivity index (χ1v) is 9.01. The maximum atomic E-state index is 11.9. The summed E-state index contributed by atoms with van der Waals surface area (Å²) in [6.45, 7) is 5.73. The largest absolute Gasteiger partial charge is 0.381 e. The third-order valence-corrected chi connectivity index (χ3v) is 4.45. The van der Waals surface area contributed by atoms with Crippen LogP contribution in [-0.4, -0.2) is 28.2 Å². The smallest absolute Gasteiger partial charge is 0.296 e. The molecule has 0 aliphatic rings. The fourth-order valence-electron chi connectivity index (χ4n) is 1.80. The molecule has 0 spiro atoms. The molecule has 0 aliphatic heterocycles. The zero-order valence-electron chi connectivity index (χ0n) is 13.0. The Morgan fingerprint density at radius 2 is 1.48 bits per heavy atom. The van der Waals surface area contributed by atoms with Crippen molar-refractivity contribution in [3.63, 3.8) is 0 Å². The van der Waals surface area contributed by atoms with E-state index in [-0.39, 0.29) is 11.5 Å². The number of hydrogen-bond donors (Lipinski definition) is 0. The van der Waals surface area contributed by atoms with E-state index in [4.69, 9.17) is 8.92 Å². The van der Waals surface area contributed by atoms with Gasteiger partial charge in [-0.2, -0.15) is 8.42 Å². The molecule has 120 valence electrons. The van der Waals surface area contributed by atoms with Crippen molar-refractivity contribution in [2.75, 3.05) is 19.8 Å². The summed E-state index contributed by atoms with van der Waals surface area (Å²) < 4.78 is 34.3. The van der Waals surface area contributed by atoms with Crippen molar-refractivity contribution < 1.29 is 17.3 Å². The lowest BCUT2D eigenvalue weighted by Gasteiger charge is -2.06. The number of rotatable bonds is 11. The van der Waals surface area contributed by atoms with Crippen LogP contribution < -0.4 is 0 Å². The normalized spacial score (nSPS) is 11.7. The molecular formula is C16H26O4S. The fraction of sp³-hybridized carbons (Fsp3) is 0.625. The van der Waals surface area contributed by atoms with E-state index in [1.54, 1.807) is 24.3 Å². The van der Waals surface area contributed by atoms with Crippen LogP contribution in [0, 0.1) is 6.92 Å². The first-order chi connectivity index (χ1) is 10.1. The SMILES string of the molecule is CCCCCOCCCCOS(=O)(=O)c1ccc(C)cc1. The van der Waals surface area contributed by atoms with Gasteiger partial charge in [-0.3, -0.25) is 4.18 Å². The first-order valence-electron chi connectivity index (χ1n) is 7.60. The van der Waals surface area contributed by atoms with Crippen molar-refractivity contribution in [3.8, 4) is 0 Å². The lowest BCUT2D eigenvalue weighted by molar-refractivity contribution is 0.123. The van der Waals surface area contributed by atoms with Crippen LogP contribution in [0.25, 0.3) is 0 Å². The molecule has 0 atom stereocenters. The summed E-state index contributed by atoms with van der Waals surface area (Å²) >= 11 is 0. The highest BCUT2D eigenvalue weighted by molar-refractivity contribution is 7.86. The molecule has 0 heterocycles. The van der Waals surface area contributed by atoms with E-state index >= 15 is 0 Å². The van der Waals surface area contributed by atoms with Gasteiger partial charge in [0.2, 0.25) is 0 Å². The molecule has 0 N–H and O–H groups in total. The molecule has 0 fully saturated rings. The summed E-state index contributed by atoms with van der Waals surface area (Å²) in [5.74, 6) is 0. The monoisotopic (exact) mass is 314 g/mol. The Labute approximate surface area is 128 Å². The van der Waals surface area contributed by atoms with E-state index in [0.717, 1.165) is 25.0 Å². The van der Waals surface area contributed by atoms with E-state index in [1.165, 1.54) is 12.8 Å². The summed E-state index contributed by atoms with van der Waals surface area (Å²) in [5, 5.41) is 0. The molecule has 0 amide bonds. The van der Waals surface area contributed by atoms with E-state index in [9.17, 15) is 8.42 Å². The Hall–Kier alpha value is -0.910. The fourth-order valence-corrected chi connectivity index (χ4v) is 2.75. The van der Waals surface area contributed by atoms with Crippen LogP contribution in [-0.2, 0) is 19.0 Å². The standard InChI is InChI=1S/C16H26O4S/c1-3-4-5-12-19-13-6-7-14-20-21(17,18)16-10-8-15(2)9-11-16/h8-11H,3-7,12-14H2,1-2H3. The third-order valence-electron chi connectivity index (χ3n) is 3.12. The minimum Gasteiger partial charge on any atom is -0.381 e. The molecule has 0 saturated heterocycles. The zero-order valence-corrected chi connectivity index (χ0v) is 13.8. The predicted octanol–water partition coefficient (Wildman–Crippen LogP) is 3.69. The van der Waals surface area contributed by atoms with Crippen LogP contribution in [0.1, 0.15) is 44.6 Å². The summed E-state index contributed by atoms with van der Waals surface area (Å²) in [6, 6.07) is 6.67. The average molecular weight is 314 g/mol. The van der Waals surface area contributed by atoms with Gasteiger partial charge in [-0.25, -0.2) is 0 Å². The highest BCUT2D eigenvalue weighted by atomic mass is 32.2. The Morgan fingerprint density at radius 3 is 2.10 bits per heavy atom. The molecule has 0 unspecified atom stereocenters. The third kappa shape index (κ3) is 7.60. The molecule has 4 nitrogen and oxygen atoms in total. The van der Waals surface area contributed by atoms with Gasteiger partial charge in [0, 0.05) is 13.2 Å². The maximum Gasteiger partial charge on any atom is 0.296 e. The number of unbranched alkanes of at least 4 members (excludes halogenated alkanes) is 3. The molecule has 1 rings (SSSR count). The Bertz CT molecular complexity index is 480. The molecule has 1 aromatic carbocycles. The minimum absolute atomic E-state index is 0.203. The van der Waals surface area contributed by atoms with Crippen LogP contribution in [0.15, 0.2) is 29.2 Å². The van der Waals surface area contributed by atoms with Gasteiger partial charge in [0.1, 0.15) is 0 Å². The van der Waals surface area contributed by atoms with Crippen LogP contribution >= 0.6 is 0 Å². The number of hydrogen-bond acceptors (Lipinski definition) is 4. The summed E-state index contributed by atoms with van der Waals surface area (Å²) in [5.41, 5.74) is 1.02. The van der Waals surface area contributed by atoms with Crippen molar-refractivity contribution in [2.24, 2.45) is 0 Å². The molecular weight excluding hydrogens is 288 g/mol. The molecule has 0 bridgehead atoms. The summed E-state index contributed by atoms with van der Waals surface area (Å²) in [7, 11) is -3.62. The number of ether oxygens (including phenoxy) is 1. The van der Waals surface area contributed by atoms with Gasteiger partial charge >= 0.3 is 0 Å². The summed E-state index contributed by atoms with van der Waals surface area (Å²) in [4.78, 5) is 0.212. The second kappa shape index (κ2) is 9.92. The van der Waals surface area contributed by atoms with Crippen LogP contribution in [0.2, 0.25) is 0 Å². The summed E-state index contributed by atoms with van der Waals surface area (Å²) in [6.07, 6.45) is 4.97. The molecule has 0 aliphatic carbocycles. The second-order valence-electron chi connectivity index (χ2n) is 5.12. The quantitative estimate of drug-likeness (QED) is 0.462. The molecule has 1 aromatic rings. The van der Waals surface area contributed by atoms with Crippen molar-refractivity contribution >= 4 is 10.1 Å². The van der Waals surface area contributed by atoms with Gasteiger partial charge in [0.05, 0.1) is 11.5 Å². The van der Waals surface area contributed by atoms with Crippen LogP contribution in [0.5, 0.6) is 0 Å². The first kappa shape index (κ1) is 18.1. The van der Waals surface area contributed by atoms with E-state index in [2.05, 4.69) is 6.92 Å². The van der Waals surface area contributed by atoms with Gasteiger partial charge in [0.25, 0.3) is 10.1 Å². The Morgan fingerprint density at radius 1 is 0.905 bits per heavy atom. The minimum atomic E-state index is -3.62. The lowest BCUT2D eigenvalue weighted by Crippen LogP contribution is -2.08. The average Bonchev–Trinajstić information content (AvgIpc) is 2.46. The Kier molecular flexibility index (Phi) is 8.57. The van der Waals surface area contributed by atoms with Crippen LogP contribution in [0.3, 0.4) is 0 Å². The molecule has 0 saturated carbocycles. The Balaban J connectivity index is 2.15. The van der Waals surface area contributed by atoms with Gasteiger partial charge in [-0.05, 0) is 38.3 Å². The van der Waals surface area contributed by atoms with Gasteiger partial charge in [0.15, 0.2) is 0 Å². The van der Waals surface area contributed by atoms with Crippen molar-refractivity contribution in [3.05, 3.63) is 29.8 Å². The van der Waals surface area contributed by atoms with Gasteiger partial charge in [-0.15, -0.1) is 0 Å². The highest BCUT2D eigenvalue weighted by Gasteiger charge is 2.14. The maximum absolute atomic E-state index is 11.9. The highest BCUT2D eigenvalue weighted by Crippen LogP contribution is 2.13. The lowest BCUT2D eigenvalue weighted by atomic mass is 10.2. The molecule has 5 heteroatoms. The van der Waals surface area contributed by atoms with Gasteiger partial charge in [-0.1, -0.05) is 37.5 Å². The molecule has 0 aromatic heterocycles. The molecule has 0 radical (unpaired) electrons. The van der Waals surface area contributed by atoms with Crippen molar-refractivity contribution in [2.45, 2.75) is 50.8 Å². The molecule has 21 heavy (non-hydrogen) atoms. The van der Waals surface area contributed by atoms with Gasteiger partial charge < -0.3 is 4.74 Å².